The number of nitriles is 1. The van der Waals surface area contributed by atoms with E-state index in [1.54, 1.807) is 0 Å². The number of ether oxygens (including phenoxy) is 2. The third-order valence-electron chi connectivity index (χ3n) is 7.99. The maximum Gasteiger partial charge on any atom is 0.145 e. The molecule has 6 rings (SSSR count). The smallest absolute Gasteiger partial charge is 0.145 e. The fraction of sp³-hybridized carbons (Fsp3) is 0.158. The van der Waals surface area contributed by atoms with Crippen LogP contribution >= 0.6 is 15.9 Å². The number of alkyl halides is 1. The van der Waals surface area contributed by atoms with Gasteiger partial charge < -0.3 is 9.47 Å². The van der Waals surface area contributed by atoms with Crippen molar-refractivity contribution in [2.24, 2.45) is 0 Å². The van der Waals surface area contributed by atoms with Crippen LogP contribution in [0.1, 0.15) is 17.5 Å². The van der Waals surface area contributed by atoms with Gasteiger partial charge in [-0.1, -0.05) is 114 Å². The van der Waals surface area contributed by atoms with Gasteiger partial charge in [0.15, 0.2) is 0 Å². The molecule has 5 nitrogen and oxygen atoms in total. The zero-order chi connectivity index (χ0) is 30.4. The second-order valence-corrected chi connectivity index (χ2v) is 11.4. The molecule has 0 N–H and O–H groups in total. The second kappa shape index (κ2) is 13.3. The average molecular weight is 643 g/mol. The lowest BCUT2D eigenvalue weighted by Crippen LogP contribution is -2.27. The van der Waals surface area contributed by atoms with Crippen molar-refractivity contribution in [3.05, 3.63) is 145 Å². The van der Waals surface area contributed by atoms with E-state index < -0.39 is 5.41 Å². The summed E-state index contributed by atoms with van der Waals surface area (Å²) in [5.41, 5.74) is 7.04. The van der Waals surface area contributed by atoms with Gasteiger partial charge in [0.1, 0.15) is 18.2 Å². The predicted molar refractivity (Wildman–Crippen MR) is 181 cm³/mol. The van der Waals surface area contributed by atoms with Gasteiger partial charge in [-0.25, -0.2) is 4.98 Å². The number of benzene rings is 4. The van der Waals surface area contributed by atoms with Crippen LogP contribution in [0.2, 0.25) is 0 Å². The van der Waals surface area contributed by atoms with Crippen LogP contribution in [-0.4, -0.2) is 34.7 Å². The molecule has 0 fully saturated rings. The average Bonchev–Trinajstić information content (AvgIpc) is 3.48. The number of imidazole rings is 1. The summed E-state index contributed by atoms with van der Waals surface area (Å²) in [6.07, 6.45) is 6.97. The number of fused-ring (bicyclic) bond motifs is 1. The largest absolute Gasteiger partial charge is 0.491 e. The Morgan fingerprint density at radius 2 is 1.61 bits per heavy atom. The summed E-state index contributed by atoms with van der Waals surface area (Å²) < 4.78 is 13.9. The maximum absolute atomic E-state index is 9.98. The maximum atomic E-state index is 9.98. The Bertz CT molecular complexity index is 1880. The van der Waals surface area contributed by atoms with E-state index in [0.717, 1.165) is 55.9 Å². The minimum atomic E-state index is -0.688. The predicted octanol–water partition coefficient (Wildman–Crippen LogP) is 8.84. The highest BCUT2D eigenvalue weighted by Gasteiger charge is 2.36. The molecule has 44 heavy (non-hydrogen) atoms. The van der Waals surface area contributed by atoms with E-state index in [2.05, 4.69) is 93.8 Å². The van der Waals surface area contributed by atoms with Crippen LogP contribution in [0.25, 0.3) is 33.7 Å². The summed E-state index contributed by atoms with van der Waals surface area (Å²) in [6, 6.07) is 37.3. The quantitative estimate of drug-likeness (QED) is 0.0821. The highest BCUT2D eigenvalue weighted by molar-refractivity contribution is 9.09. The molecule has 1 unspecified atom stereocenters. The van der Waals surface area contributed by atoms with Gasteiger partial charge in [-0.15, -0.1) is 0 Å². The SMILES string of the molecule is C=C(C#N)C1(c2ccccc2OCCOCCBr)C=CC(c2ccc(-c3nc4ccccc4n3-c3ccccc3)cc2)=CC1. The molecule has 0 amide bonds. The first-order valence-corrected chi connectivity index (χ1v) is 15.8. The van der Waals surface area contributed by atoms with Gasteiger partial charge in [0.2, 0.25) is 0 Å². The van der Waals surface area contributed by atoms with Gasteiger partial charge in [-0.05, 0) is 47.9 Å². The molecule has 1 atom stereocenters. The number of halogens is 1. The van der Waals surface area contributed by atoms with E-state index in [0.29, 0.717) is 31.8 Å². The molecule has 6 heteroatoms. The third kappa shape index (κ3) is 5.77. The monoisotopic (exact) mass is 641 g/mol. The van der Waals surface area contributed by atoms with Gasteiger partial charge in [-0.2, -0.15) is 5.26 Å². The van der Waals surface area contributed by atoms with Crippen LogP contribution < -0.4 is 4.74 Å². The molecular weight excluding hydrogens is 610 g/mol. The lowest BCUT2D eigenvalue weighted by atomic mass is 9.69. The minimum absolute atomic E-state index is 0.425. The Hall–Kier alpha value is -4.70. The third-order valence-corrected chi connectivity index (χ3v) is 8.31. The summed E-state index contributed by atoms with van der Waals surface area (Å²) in [5, 5.41) is 10.8. The first-order chi connectivity index (χ1) is 21.6. The summed E-state index contributed by atoms with van der Waals surface area (Å²) in [5.74, 6) is 1.63. The van der Waals surface area contributed by atoms with Crippen molar-refractivity contribution in [2.45, 2.75) is 11.8 Å². The van der Waals surface area contributed by atoms with E-state index in [4.69, 9.17) is 14.5 Å². The Balaban J connectivity index is 1.28. The highest BCUT2D eigenvalue weighted by Crippen LogP contribution is 2.45. The lowest BCUT2D eigenvalue weighted by molar-refractivity contribution is 0.112. The first-order valence-electron chi connectivity index (χ1n) is 14.6. The molecule has 1 aromatic heterocycles. The number of nitrogens with zero attached hydrogens (tertiary/aromatic N) is 3. The van der Waals surface area contributed by atoms with Crippen LogP contribution in [0.3, 0.4) is 0 Å². The number of hydrogen-bond acceptors (Lipinski definition) is 4. The molecule has 0 saturated heterocycles. The van der Waals surface area contributed by atoms with E-state index in [-0.39, 0.29) is 0 Å². The van der Waals surface area contributed by atoms with Crippen molar-refractivity contribution in [2.75, 3.05) is 25.2 Å². The number of hydrogen-bond donors (Lipinski definition) is 0. The molecule has 1 aliphatic rings. The van der Waals surface area contributed by atoms with Gasteiger partial charge >= 0.3 is 0 Å². The zero-order valence-corrected chi connectivity index (χ0v) is 25.9. The van der Waals surface area contributed by atoms with Crippen molar-refractivity contribution in [1.29, 1.82) is 5.26 Å². The molecule has 0 aliphatic heterocycles. The van der Waals surface area contributed by atoms with Crippen LogP contribution in [0.5, 0.6) is 5.75 Å². The summed E-state index contributed by atoms with van der Waals surface area (Å²) in [4.78, 5) is 5.00. The lowest BCUT2D eigenvalue weighted by Gasteiger charge is -2.33. The summed E-state index contributed by atoms with van der Waals surface area (Å²) in [7, 11) is 0. The number of allylic oxidation sites excluding steroid dienone is 5. The van der Waals surface area contributed by atoms with Crippen molar-refractivity contribution >= 4 is 32.5 Å². The Morgan fingerprint density at radius 3 is 2.36 bits per heavy atom. The van der Waals surface area contributed by atoms with Crippen LogP contribution in [0.15, 0.2) is 134 Å². The molecule has 0 radical (unpaired) electrons. The van der Waals surface area contributed by atoms with Crippen LogP contribution in [-0.2, 0) is 10.2 Å². The standard InChI is InChI=1S/C38H32BrN3O2/c1-28(27-40)38(33-11-5-8-14-36(33)44-26-25-43-24-23-39)21-19-30(20-22-38)29-15-17-31(18-16-29)37-41-34-12-6-7-13-35(34)42(37)32-9-3-2-4-10-32/h2-21H,1,22-26H2. The summed E-state index contributed by atoms with van der Waals surface area (Å²) in [6.45, 7) is 5.71. The zero-order valence-electron chi connectivity index (χ0n) is 24.3. The van der Waals surface area contributed by atoms with Gasteiger partial charge in [0, 0.05) is 27.7 Å². The molecule has 5 aromatic rings. The summed E-state index contributed by atoms with van der Waals surface area (Å²) >= 11 is 3.37. The Morgan fingerprint density at radius 1 is 0.886 bits per heavy atom. The van der Waals surface area contributed by atoms with Crippen LogP contribution in [0.4, 0.5) is 0 Å². The van der Waals surface area contributed by atoms with Crippen molar-refractivity contribution in [1.82, 2.24) is 9.55 Å². The van der Waals surface area contributed by atoms with Crippen molar-refractivity contribution in [3.8, 4) is 28.9 Å². The fourth-order valence-electron chi connectivity index (χ4n) is 5.74. The molecule has 1 heterocycles. The second-order valence-electron chi connectivity index (χ2n) is 10.6. The molecule has 0 spiro atoms. The normalized spacial score (nSPS) is 16.0. The number of para-hydroxylation sites is 4. The molecule has 0 bridgehead atoms. The van der Waals surface area contributed by atoms with Gasteiger partial charge in [-0.3, -0.25) is 4.57 Å². The molecule has 1 aliphatic carbocycles. The highest BCUT2D eigenvalue weighted by atomic mass is 79.9. The van der Waals surface area contributed by atoms with Crippen molar-refractivity contribution in [3.63, 3.8) is 0 Å². The number of aromatic nitrogens is 2. The van der Waals surface area contributed by atoms with E-state index >= 15 is 0 Å². The van der Waals surface area contributed by atoms with E-state index in [1.807, 2.05) is 60.7 Å². The Labute approximate surface area is 266 Å². The van der Waals surface area contributed by atoms with Crippen LogP contribution in [0, 0.1) is 11.3 Å². The molecular formula is C38H32BrN3O2. The molecule has 4 aromatic carbocycles. The van der Waals surface area contributed by atoms with Gasteiger partial charge in [0.25, 0.3) is 0 Å². The first kappa shape index (κ1) is 29.4. The van der Waals surface area contributed by atoms with E-state index in [1.165, 1.54) is 0 Å². The minimum Gasteiger partial charge on any atom is -0.491 e. The van der Waals surface area contributed by atoms with Crippen molar-refractivity contribution < 1.29 is 9.47 Å². The molecule has 0 saturated carbocycles. The molecule has 218 valence electrons. The fourth-order valence-corrected chi connectivity index (χ4v) is 5.97. The van der Waals surface area contributed by atoms with E-state index in [9.17, 15) is 5.26 Å². The Kier molecular flexibility index (Phi) is 8.88. The topological polar surface area (TPSA) is 60.1 Å². The van der Waals surface area contributed by atoms with Gasteiger partial charge in [0.05, 0.1) is 35.7 Å². The number of rotatable bonds is 11.